The number of amides is 1. The van der Waals surface area contributed by atoms with Crippen LogP contribution in [0.15, 0.2) is 18.5 Å². The molecule has 1 rings (SSSR count). The molecule has 0 fully saturated rings. The van der Waals surface area contributed by atoms with E-state index in [1.807, 2.05) is 36.9 Å². The molecule has 17 heavy (non-hydrogen) atoms. The minimum Gasteiger partial charge on any atom is -0.383 e. The molecule has 0 radical (unpaired) electrons. The molecular weight excluding hydrogens is 218 g/mol. The van der Waals surface area contributed by atoms with Gasteiger partial charge < -0.3 is 20.4 Å². The first kappa shape index (κ1) is 13.7. The third kappa shape index (κ3) is 4.58. The molecule has 1 heterocycles. The van der Waals surface area contributed by atoms with E-state index < -0.39 is 0 Å². The molecule has 5 nitrogen and oxygen atoms in total. The SMILES string of the molecule is COCC(C)NC(=O)Cn1ccc(C(C)N)c1. The Bertz CT molecular complexity index is 360. The molecule has 0 saturated heterocycles. The summed E-state index contributed by atoms with van der Waals surface area (Å²) in [4.78, 5) is 11.7. The molecule has 1 aromatic heterocycles. The first-order valence-corrected chi connectivity index (χ1v) is 5.72. The van der Waals surface area contributed by atoms with E-state index in [0.717, 1.165) is 5.56 Å². The van der Waals surface area contributed by atoms with Gasteiger partial charge in [-0.15, -0.1) is 0 Å². The molecule has 0 aliphatic carbocycles. The Morgan fingerprint density at radius 1 is 1.59 bits per heavy atom. The lowest BCUT2D eigenvalue weighted by molar-refractivity contribution is -0.122. The fourth-order valence-corrected chi connectivity index (χ4v) is 1.60. The molecule has 0 spiro atoms. The highest BCUT2D eigenvalue weighted by Crippen LogP contribution is 2.09. The van der Waals surface area contributed by atoms with E-state index in [9.17, 15) is 4.79 Å². The van der Waals surface area contributed by atoms with Gasteiger partial charge in [-0.3, -0.25) is 4.79 Å². The Labute approximate surface area is 102 Å². The van der Waals surface area contributed by atoms with E-state index >= 15 is 0 Å². The molecule has 0 aliphatic rings. The van der Waals surface area contributed by atoms with Crippen LogP contribution in [0.25, 0.3) is 0 Å². The fourth-order valence-electron chi connectivity index (χ4n) is 1.60. The standard InChI is InChI=1S/C12H21N3O2/c1-9(8-17-3)14-12(16)7-15-5-4-11(6-15)10(2)13/h4-6,9-10H,7-8,13H2,1-3H3,(H,14,16). The quantitative estimate of drug-likeness (QED) is 0.766. The molecule has 5 heteroatoms. The Hall–Kier alpha value is -1.33. The van der Waals surface area contributed by atoms with Crippen LogP contribution in [0.4, 0.5) is 0 Å². The van der Waals surface area contributed by atoms with Crippen molar-refractivity contribution in [3.63, 3.8) is 0 Å². The molecule has 1 aromatic rings. The monoisotopic (exact) mass is 239 g/mol. The lowest BCUT2D eigenvalue weighted by Gasteiger charge is -2.12. The lowest BCUT2D eigenvalue weighted by atomic mass is 10.2. The first-order chi connectivity index (χ1) is 8.02. The van der Waals surface area contributed by atoms with Crippen LogP contribution in [-0.2, 0) is 16.1 Å². The number of nitrogens with one attached hydrogen (secondary N) is 1. The molecule has 3 N–H and O–H groups in total. The van der Waals surface area contributed by atoms with Gasteiger partial charge in [-0.1, -0.05) is 0 Å². The maximum Gasteiger partial charge on any atom is 0.240 e. The zero-order valence-electron chi connectivity index (χ0n) is 10.6. The fraction of sp³-hybridized carbons (Fsp3) is 0.583. The van der Waals surface area contributed by atoms with E-state index in [0.29, 0.717) is 13.2 Å². The first-order valence-electron chi connectivity index (χ1n) is 5.72. The predicted octanol–water partition coefficient (Wildman–Crippen LogP) is 0.659. The number of methoxy groups -OCH3 is 1. The number of ether oxygens (including phenoxy) is 1. The zero-order valence-corrected chi connectivity index (χ0v) is 10.6. The molecule has 0 bridgehead atoms. The molecule has 0 aromatic carbocycles. The van der Waals surface area contributed by atoms with Crippen LogP contribution in [0.1, 0.15) is 25.5 Å². The van der Waals surface area contributed by atoms with Crippen molar-refractivity contribution in [2.24, 2.45) is 5.73 Å². The molecule has 0 saturated carbocycles. The second kappa shape index (κ2) is 6.42. The molecule has 2 atom stereocenters. The van der Waals surface area contributed by atoms with Gasteiger partial charge in [0.25, 0.3) is 0 Å². The smallest absolute Gasteiger partial charge is 0.240 e. The molecule has 96 valence electrons. The summed E-state index contributed by atoms with van der Waals surface area (Å²) in [6.07, 6.45) is 3.75. The maximum absolute atomic E-state index is 11.7. The van der Waals surface area contributed by atoms with Crippen molar-refractivity contribution in [3.05, 3.63) is 24.0 Å². The summed E-state index contributed by atoms with van der Waals surface area (Å²) in [7, 11) is 1.61. The number of hydrogen-bond acceptors (Lipinski definition) is 3. The van der Waals surface area contributed by atoms with E-state index in [1.54, 1.807) is 7.11 Å². The number of nitrogens with two attached hydrogens (primary N) is 1. The second-order valence-electron chi connectivity index (χ2n) is 4.33. The highest BCUT2D eigenvalue weighted by atomic mass is 16.5. The van der Waals surface area contributed by atoms with Crippen LogP contribution in [0.3, 0.4) is 0 Å². The number of hydrogen-bond donors (Lipinski definition) is 2. The average molecular weight is 239 g/mol. The van der Waals surface area contributed by atoms with Crippen LogP contribution in [0.2, 0.25) is 0 Å². The molecule has 2 unspecified atom stereocenters. The third-order valence-corrected chi connectivity index (χ3v) is 2.45. The number of aromatic nitrogens is 1. The van der Waals surface area contributed by atoms with Crippen molar-refractivity contribution in [2.45, 2.75) is 32.5 Å². The van der Waals surface area contributed by atoms with Gasteiger partial charge in [0.15, 0.2) is 0 Å². The summed E-state index contributed by atoms with van der Waals surface area (Å²) in [5.41, 5.74) is 6.78. The van der Waals surface area contributed by atoms with Crippen LogP contribution < -0.4 is 11.1 Å². The predicted molar refractivity (Wildman–Crippen MR) is 66.5 cm³/mol. The molecule has 0 aliphatic heterocycles. The number of carbonyl (C=O) groups excluding carboxylic acids is 1. The normalized spacial score (nSPS) is 14.4. The highest BCUT2D eigenvalue weighted by Gasteiger charge is 2.08. The summed E-state index contributed by atoms with van der Waals surface area (Å²) in [5.74, 6) is -0.0265. The lowest BCUT2D eigenvalue weighted by Crippen LogP contribution is -2.37. The van der Waals surface area contributed by atoms with Crippen LogP contribution in [-0.4, -0.2) is 30.2 Å². The Morgan fingerprint density at radius 2 is 2.29 bits per heavy atom. The van der Waals surface area contributed by atoms with Crippen molar-refractivity contribution in [1.82, 2.24) is 9.88 Å². The average Bonchev–Trinajstić information content (AvgIpc) is 2.66. The Balaban J connectivity index is 2.44. The Kier molecular flexibility index (Phi) is 5.18. The van der Waals surface area contributed by atoms with Gasteiger partial charge in [-0.05, 0) is 25.5 Å². The van der Waals surface area contributed by atoms with Crippen molar-refractivity contribution < 1.29 is 9.53 Å². The van der Waals surface area contributed by atoms with E-state index in [1.165, 1.54) is 0 Å². The van der Waals surface area contributed by atoms with Gasteiger partial charge >= 0.3 is 0 Å². The van der Waals surface area contributed by atoms with E-state index in [2.05, 4.69) is 5.32 Å². The molecular formula is C12H21N3O2. The minimum atomic E-state index is -0.0265. The zero-order chi connectivity index (χ0) is 12.8. The minimum absolute atomic E-state index is 0.00766. The van der Waals surface area contributed by atoms with Crippen LogP contribution in [0, 0.1) is 0 Å². The van der Waals surface area contributed by atoms with Crippen molar-refractivity contribution in [1.29, 1.82) is 0 Å². The second-order valence-corrected chi connectivity index (χ2v) is 4.33. The summed E-state index contributed by atoms with van der Waals surface area (Å²) in [6.45, 7) is 4.65. The largest absolute Gasteiger partial charge is 0.383 e. The van der Waals surface area contributed by atoms with Crippen molar-refractivity contribution >= 4 is 5.91 Å². The summed E-state index contributed by atoms with van der Waals surface area (Å²) >= 11 is 0. The molecule has 1 amide bonds. The van der Waals surface area contributed by atoms with E-state index in [4.69, 9.17) is 10.5 Å². The summed E-state index contributed by atoms with van der Waals surface area (Å²) in [6, 6.07) is 1.94. The van der Waals surface area contributed by atoms with Gasteiger partial charge in [0.05, 0.1) is 6.61 Å². The number of rotatable bonds is 6. The van der Waals surface area contributed by atoms with Crippen molar-refractivity contribution in [2.75, 3.05) is 13.7 Å². The highest BCUT2D eigenvalue weighted by molar-refractivity contribution is 5.76. The third-order valence-electron chi connectivity index (χ3n) is 2.45. The van der Waals surface area contributed by atoms with Crippen LogP contribution in [0.5, 0.6) is 0 Å². The topological polar surface area (TPSA) is 69.3 Å². The maximum atomic E-state index is 11.7. The number of nitrogens with zero attached hydrogens (tertiary/aromatic N) is 1. The number of carbonyl (C=O) groups is 1. The summed E-state index contributed by atoms with van der Waals surface area (Å²) in [5, 5.41) is 2.85. The van der Waals surface area contributed by atoms with Gasteiger partial charge in [0.2, 0.25) is 5.91 Å². The van der Waals surface area contributed by atoms with Gasteiger partial charge in [-0.25, -0.2) is 0 Å². The van der Waals surface area contributed by atoms with Gasteiger partial charge in [0.1, 0.15) is 6.54 Å². The Morgan fingerprint density at radius 3 is 2.82 bits per heavy atom. The summed E-state index contributed by atoms with van der Waals surface area (Å²) < 4.78 is 6.78. The van der Waals surface area contributed by atoms with Crippen molar-refractivity contribution in [3.8, 4) is 0 Å². The van der Waals surface area contributed by atoms with Gasteiger partial charge in [0, 0.05) is 31.6 Å². The van der Waals surface area contributed by atoms with Gasteiger partial charge in [-0.2, -0.15) is 0 Å². The van der Waals surface area contributed by atoms with E-state index in [-0.39, 0.29) is 18.0 Å². The van der Waals surface area contributed by atoms with Crippen LogP contribution >= 0.6 is 0 Å².